The van der Waals surface area contributed by atoms with Crippen LogP contribution in [0.1, 0.15) is 11.1 Å². The van der Waals surface area contributed by atoms with Gasteiger partial charge >= 0.3 is 0 Å². The summed E-state index contributed by atoms with van der Waals surface area (Å²) in [4.78, 5) is 7.02. The predicted molar refractivity (Wildman–Crippen MR) is 59.3 cm³/mol. The van der Waals surface area contributed by atoms with Crippen molar-refractivity contribution in [1.29, 1.82) is 5.26 Å². The van der Waals surface area contributed by atoms with Crippen molar-refractivity contribution in [2.24, 2.45) is 0 Å². The number of hydrogen-bond donors (Lipinski definition) is 1. The lowest BCUT2D eigenvalue weighted by Gasteiger charge is -2.00. The van der Waals surface area contributed by atoms with Gasteiger partial charge in [-0.15, -0.1) is 0 Å². The molecule has 0 aliphatic heterocycles. The van der Waals surface area contributed by atoms with Crippen molar-refractivity contribution in [2.75, 3.05) is 0 Å². The monoisotopic (exact) mass is 233 g/mol. The van der Waals surface area contributed by atoms with Crippen LogP contribution in [0.5, 0.6) is 0 Å². The third-order valence-electron chi connectivity index (χ3n) is 2.00. The van der Waals surface area contributed by atoms with Gasteiger partial charge in [-0.3, -0.25) is 0 Å². The zero-order valence-electron chi connectivity index (χ0n) is 8.27. The van der Waals surface area contributed by atoms with Gasteiger partial charge in [0.05, 0.1) is 5.56 Å². The molecule has 1 N–H and O–H groups in total. The van der Waals surface area contributed by atoms with Crippen molar-refractivity contribution < 1.29 is 4.39 Å². The molecule has 0 saturated heterocycles. The van der Waals surface area contributed by atoms with Gasteiger partial charge in [0, 0.05) is 18.1 Å². The minimum Gasteiger partial charge on any atom is -0.340 e. The second-order valence-electron chi connectivity index (χ2n) is 3.11. The van der Waals surface area contributed by atoms with Crippen molar-refractivity contribution in [3.05, 3.63) is 47.5 Å². The Labute approximate surface area is 96.3 Å². The molecule has 1 heterocycles. The van der Waals surface area contributed by atoms with Gasteiger partial charge in [-0.05, 0) is 17.7 Å². The number of hydrogen-bond acceptors (Lipinski definition) is 3. The van der Waals surface area contributed by atoms with Gasteiger partial charge in [0.1, 0.15) is 11.9 Å². The summed E-state index contributed by atoms with van der Waals surface area (Å²) in [6.45, 7) is 0. The molecule has 0 bridgehead atoms. The molecule has 0 saturated carbocycles. The average Bonchev–Trinajstić information content (AvgIpc) is 2.81. The fraction of sp³-hybridized carbons (Fsp3) is 0.0909. The number of nitrogens with one attached hydrogen (secondary N) is 1. The van der Waals surface area contributed by atoms with E-state index in [2.05, 4.69) is 9.97 Å². The Morgan fingerprint density at radius 2 is 2.38 bits per heavy atom. The quantitative estimate of drug-likeness (QED) is 0.829. The molecule has 3 nitrogen and oxygen atoms in total. The van der Waals surface area contributed by atoms with Crippen molar-refractivity contribution in [1.82, 2.24) is 9.97 Å². The topological polar surface area (TPSA) is 52.5 Å². The van der Waals surface area contributed by atoms with Crippen LogP contribution in [-0.2, 0) is 5.75 Å². The lowest BCUT2D eigenvalue weighted by Crippen LogP contribution is -1.88. The van der Waals surface area contributed by atoms with Gasteiger partial charge in [-0.2, -0.15) is 5.26 Å². The number of nitriles is 1. The zero-order valence-corrected chi connectivity index (χ0v) is 9.09. The first-order valence-corrected chi connectivity index (χ1v) is 5.59. The van der Waals surface area contributed by atoms with Crippen molar-refractivity contribution in [3.8, 4) is 6.07 Å². The molecule has 1 aromatic heterocycles. The number of aromatic amines is 1. The highest BCUT2D eigenvalue weighted by molar-refractivity contribution is 7.98. The van der Waals surface area contributed by atoms with Crippen LogP contribution in [0.25, 0.3) is 0 Å². The van der Waals surface area contributed by atoms with E-state index in [0.29, 0.717) is 5.75 Å². The maximum absolute atomic E-state index is 13.0. The van der Waals surface area contributed by atoms with Gasteiger partial charge in [0.25, 0.3) is 0 Å². The summed E-state index contributed by atoms with van der Waals surface area (Å²) in [5.74, 6) is 0.178. The predicted octanol–water partition coefficient (Wildman–Crippen LogP) is 2.71. The lowest BCUT2D eigenvalue weighted by atomic mass is 10.1. The smallest absolute Gasteiger partial charge is 0.165 e. The Hall–Kier alpha value is -1.80. The van der Waals surface area contributed by atoms with Crippen LogP contribution in [0.3, 0.4) is 0 Å². The first kappa shape index (κ1) is 10.7. The van der Waals surface area contributed by atoms with Gasteiger partial charge in [0.15, 0.2) is 5.16 Å². The van der Waals surface area contributed by atoms with Crippen LogP contribution < -0.4 is 0 Å². The van der Waals surface area contributed by atoms with E-state index >= 15 is 0 Å². The van der Waals surface area contributed by atoms with Gasteiger partial charge in [0.2, 0.25) is 0 Å². The van der Waals surface area contributed by atoms with Crippen LogP contribution in [0.4, 0.5) is 4.39 Å². The number of aromatic nitrogens is 2. The summed E-state index contributed by atoms with van der Waals surface area (Å²) in [6.07, 6.45) is 3.42. The maximum Gasteiger partial charge on any atom is 0.165 e. The van der Waals surface area contributed by atoms with E-state index < -0.39 is 5.82 Å². The van der Waals surface area contributed by atoms with E-state index in [1.54, 1.807) is 24.5 Å². The first-order valence-electron chi connectivity index (χ1n) is 4.60. The molecule has 0 unspecified atom stereocenters. The number of H-pyrrole nitrogens is 1. The fourth-order valence-corrected chi connectivity index (χ4v) is 2.00. The highest BCUT2D eigenvalue weighted by Crippen LogP contribution is 2.20. The number of rotatable bonds is 3. The minimum absolute atomic E-state index is 0.0811. The van der Waals surface area contributed by atoms with E-state index in [4.69, 9.17) is 5.26 Å². The van der Waals surface area contributed by atoms with Gasteiger partial charge in [-0.25, -0.2) is 9.37 Å². The zero-order chi connectivity index (χ0) is 11.4. The van der Waals surface area contributed by atoms with Crippen molar-refractivity contribution >= 4 is 11.8 Å². The number of halogens is 1. The highest BCUT2D eigenvalue weighted by atomic mass is 32.2. The van der Waals surface area contributed by atoms with E-state index in [9.17, 15) is 4.39 Å². The third-order valence-corrected chi connectivity index (χ3v) is 2.97. The molecule has 2 aromatic rings. The third kappa shape index (κ3) is 2.41. The number of nitrogens with zero attached hydrogens (tertiary/aromatic N) is 2. The van der Waals surface area contributed by atoms with E-state index in [1.165, 1.54) is 17.8 Å². The Morgan fingerprint density at radius 1 is 1.50 bits per heavy atom. The van der Waals surface area contributed by atoms with Crippen LogP contribution in [-0.4, -0.2) is 9.97 Å². The Kier molecular flexibility index (Phi) is 3.22. The standard InChI is InChI=1S/C11H8FN3S/c12-10-2-1-8(5-9(10)6-13)7-16-11-14-3-4-15-11/h1-5H,7H2,(H,14,15). The average molecular weight is 233 g/mol. The Balaban J connectivity index is 2.08. The molecule has 16 heavy (non-hydrogen) atoms. The highest BCUT2D eigenvalue weighted by Gasteiger charge is 2.03. The number of thioether (sulfide) groups is 1. The summed E-state index contributed by atoms with van der Waals surface area (Å²) in [6, 6.07) is 6.37. The van der Waals surface area contributed by atoms with Crippen LogP contribution in [0.2, 0.25) is 0 Å². The molecule has 0 aliphatic carbocycles. The fourth-order valence-electron chi connectivity index (χ4n) is 1.23. The number of benzene rings is 1. The van der Waals surface area contributed by atoms with E-state index in [0.717, 1.165) is 10.7 Å². The van der Waals surface area contributed by atoms with Crippen molar-refractivity contribution in [3.63, 3.8) is 0 Å². The minimum atomic E-state index is -0.478. The maximum atomic E-state index is 13.0. The second-order valence-corrected chi connectivity index (χ2v) is 4.07. The molecule has 0 aliphatic rings. The molecule has 0 radical (unpaired) electrons. The van der Waals surface area contributed by atoms with Crippen LogP contribution in [0, 0.1) is 17.1 Å². The van der Waals surface area contributed by atoms with Gasteiger partial charge in [-0.1, -0.05) is 17.8 Å². The SMILES string of the molecule is N#Cc1cc(CSc2ncc[nH]2)ccc1F. The van der Waals surface area contributed by atoms with Crippen LogP contribution >= 0.6 is 11.8 Å². The first-order chi connectivity index (χ1) is 7.79. The molecule has 0 spiro atoms. The molecule has 0 amide bonds. The lowest BCUT2D eigenvalue weighted by molar-refractivity contribution is 0.623. The summed E-state index contributed by atoms with van der Waals surface area (Å²) < 4.78 is 13.0. The summed E-state index contributed by atoms with van der Waals surface area (Å²) in [5, 5.41) is 9.49. The molecule has 0 fully saturated rings. The van der Waals surface area contributed by atoms with E-state index in [-0.39, 0.29) is 5.56 Å². The molecular formula is C11H8FN3S. The molecule has 80 valence electrons. The van der Waals surface area contributed by atoms with Crippen molar-refractivity contribution in [2.45, 2.75) is 10.9 Å². The Bertz CT molecular complexity index is 517. The summed E-state index contributed by atoms with van der Waals surface area (Å²) in [7, 11) is 0. The molecule has 0 atom stereocenters. The second kappa shape index (κ2) is 4.81. The molecule has 2 rings (SSSR count). The summed E-state index contributed by atoms with van der Waals surface area (Å²) >= 11 is 1.51. The Morgan fingerprint density at radius 3 is 3.06 bits per heavy atom. The summed E-state index contributed by atoms with van der Waals surface area (Å²) in [5.41, 5.74) is 0.983. The normalized spacial score (nSPS) is 10.0. The molecule has 5 heteroatoms. The largest absolute Gasteiger partial charge is 0.340 e. The number of imidazole rings is 1. The molecule has 1 aromatic carbocycles. The molecular weight excluding hydrogens is 225 g/mol. The van der Waals surface area contributed by atoms with Crippen LogP contribution in [0.15, 0.2) is 35.7 Å². The van der Waals surface area contributed by atoms with Gasteiger partial charge < -0.3 is 4.98 Å². The van der Waals surface area contributed by atoms with E-state index in [1.807, 2.05) is 6.07 Å².